The third kappa shape index (κ3) is 4.46. The number of nitrogens with zero attached hydrogens (tertiary/aromatic N) is 1. The van der Waals surface area contributed by atoms with Crippen molar-refractivity contribution in [3.8, 4) is 5.75 Å². The lowest BCUT2D eigenvalue weighted by Crippen LogP contribution is -2.50. The number of benzene rings is 2. The van der Waals surface area contributed by atoms with Gasteiger partial charge in [-0.3, -0.25) is 9.79 Å². The van der Waals surface area contributed by atoms with Crippen molar-refractivity contribution in [1.29, 1.82) is 0 Å². The molecular formula is C24H31N3O4. The highest BCUT2D eigenvalue weighted by molar-refractivity contribution is 5.88. The quantitative estimate of drug-likeness (QED) is 0.353. The summed E-state index contributed by atoms with van der Waals surface area (Å²) in [6.45, 7) is 2.63. The number of fused-ring (bicyclic) bond motifs is 5. The van der Waals surface area contributed by atoms with Gasteiger partial charge in [-0.1, -0.05) is 30.3 Å². The summed E-state index contributed by atoms with van der Waals surface area (Å²) < 4.78 is 13.2. The summed E-state index contributed by atoms with van der Waals surface area (Å²) in [5.74, 6) is 0.205. The van der Waals surface area contributed by atoms with Crippen LogP contribution in [-0.2, 0) is 9.53 Å². The van der Waals surface area contributed by atoms with E-state index in [1.54, 1.807) is 0 Å². The van der Waals surface area contributed by atoms with Gasteiger partial charge in [0.05, 0.1) is 12.2 Å². The Bertz CT molecular complexity index is 988. The number of carboxylic acid groups (broad SMARTS) is 1. The maximum atomic E-state index is 11.3. The van der Waals surface area contributed by atoms with Gasteiger partial charge in [-0.25, -0.2) is 0 Å². The Kier molecular flexibility index (Phi) is 6.05. The van der Waals surface area contributed by atoms with Crippen LogP contribution in [0, 0.1) is 5.92 Å². The van der Waals surface area contributed by atoms with Crippen molar-refractivity contribution in [2.24, 2.45) is 22.4 Å². The fourth-order valence-corrected chi connectivity index (χ4v) is 5.10. The fraction of sp³-hybridized carbons (Fsp3) is 0.500. The van der Waals surface area contributed by atoms with E-state index in [1.807, 2.05) is 25.1 Å². The number of nitrogens with two attached hydrogens (primary N) is 2. The van der Waals surface area contributed by atoms with Crippen LogP contribution >= 0.6 is 0 Å². The Hall–Kier alpha value is -2.80. The SMILES string of the molecule is C[C@@]1(CCC(=O)O)Oc2ccc3ccccc3c2[C@@H]2O[C@H](CCCN=C(N)N)CC[C@H]21. The molecule has 4 rings (SSSR count). The summed E-state index contributed by atoms with van der Waals surface area (Å²) in [4.78, 5) is 15.4. The molecule has 0 saturated carbocycles. The molecule has 166 valence electrons. The minimum Gasteiger partial charge on any atom is -0.487 e. The van der Waals surface area contributed by atoms with Crippen molar-refractivity contribution in [3.63, 3.8) is 0 Å². The first-order valence-electron chi connectivity index (χ1n) is 11.0. The summed E-state index contributed by atoms with van der Waals surface area (Å²) >= 11 is 0. The Morgan fingerprint density at radius 3 is 2.81 bits per heavy atom. The van der Waals surface area contributed by atoms with Crippen LogP contribution in [-0.4, -0.2) is 35.3 Å². The van der Waals surface area contributed by atoms with E-state index in [4.69, 9.17) is 20.9 Å². The molecule has 1 fully saturated rings. The molecule has 0 bridgehead atoms. The Morgan fingerprint density at radius 2 is 2.03 bits per heavy atom. The number of aliphatic imine (C=N–C) groups is 1. The van der Waals surface area contributed by atoms with Crippen LogP contribution in [0.3, 0.4) is 0 Å². The fourth-order valence-electron chi connectivity index (χ4n) is 5.10. The van der Waals surface area contributed by atoms with Crippen LogP contribution in [0.4, 0.5) is 0 Å². The largest absolute Gasteiger partial charge is 0.487 e. The monoisotopic (exact) mass is 425 g/mol. The van der Waals surface area contributed by atoms with Crippen molar-refractivity contribution in [2.45, 2.75) is 63.3 Å². The Labute approximate surface area is 182 Å². The molecule has 2 heterocycles. The topological polar surface area (TPSA) is 120 Å². The highest BCUT2D eigenvalue weighted by Crippen LogP contribution is 2.54. The molecule has 1 saturated heterocycles. The van der Waals surface area contributed by atoms with Gasteiger partial charge in [0.15, 0.2) is 5.96 Å². The summed E-state index contributed by atoms with van der Waals surface area (Å²) in [7, 11) is 0. The summed E-state index contributed by atoms with van der Waals surface area (Å²) in [5.41, 5.74) is 11.4. The number of ether oxygens (including phenoxy) is 2. The third-order valence-corrected chi connectivity index (χ3v) is 6.66. The van der Waals surface area contributed by atoms with E-state index < -0.39 is 11.6 Å². The first-order chi connectivity index (χ1) is 14.9. The van der Waals surface area contributed by atoms with E-state index in [2.05, 4.69) is 23.2 Å². The number of hydrogen-bond donors (Lipinski definition) is 3. The lowest BCUT2D eigenvalue weighted by atomic mass is 9.71. The second kappa shape index (κ2) is 8.75. The van der Waals surface area contributed by atoms with Crippen LogP contribution in [0.1, 0.15) is 57.1 Å². The predicted octanol–water partition coefficient (Wildman–Crippen LogP) is 3.75. The molecule has 0 amide bonds. The lowest BCUT2D eigenvalue weighted by Gasteiger charge is -2.50. The van der Waals surface area contributed by atoms with Crippen molar-refractivity contribution >= 4 is 22.7 Å². The van der Waals surface area contributed by atoms with Crippen molar-refractivity contribution in [2.75, 3.05) is 6.54 Å². The molecule has 7 heteroatoms. The maximum Gasteiger partial charge on any atom is 0.303 e. The van der Waals surface area contributed by atoms with Crippen LogP contribution < -0.4 is 16.2 Å². The molecule has 2 aromatic carbocycles. The molecular weight excluding hydrogens is 394 g/mol. The average molecular weight is 426 g/mol. The molecule has 0 unspecified atom stereocenters. The number of carboxylic acids is 1. The molecule has 0 aliphatic carbocycles. The zero-order valence-electron chi connectivity index (χ0n) is 17.9. The molecule has 2 aliphatic heterocycles. The molecule has 7 nitrogen and oxygen atoms in total. The minimum absolute atomic E-state index is 0.0740. The van der Waals surface area contributed by atoms with E-state index in [0.29, 0.717) is 13.0 Å². The highest BCUT2D eigenvalue weighted by Gasteiger charge is 2.50. The zero-order valence-corrected chi connectivity index (χ0v) is 17.9. The molecule has 4 atom stereocenters. The van der Waals surface area contributed by atoms with Crippen LogP contribution in [0.15, 0.2) is 41.4 Å². The van der Waals surface area contributed by atoms with Crippen molar-refractivity contribution in [1.82, 2.24) is 0 Å². The number of guanidine groups is 1. The zero-order chi connectivity index (χ0) is 22.0. The number of rotatable bonds is 7. The predicted molar refractivity (Wildman–Crippen MR) is 120 cm³/mol. The standard InChI is InChI=1S/C24H31N3O4/c1-24(13-12-20(28)29)18-10-9-16(6-4-14-27-23(25)26)30-22(18)21-17-7-3-2-5-15(17)8-11-19(21)31-24/h2-3,5,7-8,11,16,18,22H,4,6,9-10,12-14H2,1H3,(H,28,29)(H4,25,26,27)/t16-,18-,22-,24+/m1/s1. The van der Waals surface area contributed by atoms with Gasteiger partial charge in [0.25, 0.3) is 0 Å². The number of hydrogen-bond acceptors (Lipinski definition) is 4. The third-order valence-electron chi connectivity index (χ3n) is 6.66. The summed E-state index contributed by atoms with van der Waals surface area (Å²) in [6, 6.07) is 12.3. The van der Waals surface area contributed by atoms with Gasteiger partial charge in [-0.2, -0.15) is 0 Å². The summed E-state index contributed by atoms with van der Waals surface area (Å²) in [5, 5.41) is 11.6. The second-order valence-corrected chi connectivity index (χ2v) is 8.82. The molecule has 0 radical (unpaired) electrons. The van der Waals surface area contributed by atoms with Gasteiger partial charge < -0.3 is 26.0 Å². The normalized spacial score (nSPS) is 27.1. The van der Waals surface area contributed by atoms with E-state index in [9.17, 15) is 9.90 Å². The molecule has 31 heavy (non-hydrogen) atoms. The Balaban J connectivity index is 1.65. The minimum atomic E-state index is -0.806. The molecule has 5 N–H and O–H groups in total. The van der Waals surface area contributed by atoms with Gasteiger partial charge in [0.1, 0.15) is 11.4 Å². The maximum absolute atomic E-state index is 11.3. The van der Waals surface area contributed by atoms with Crippen LogP contribution in [0.2, 0.25) is 0 Å². The highest BCUT2D eigenvalue weighted by atomic mass is 16.5. The lowest BCUT2D eigenvalue weighted by molar-refractivity contribution is -0.161. The summed E-state index contributed by atoms with van der Waals surface area (Å²) in [6.07, 6.45) is 4.09. The van der Waals surface area contributed by atoms with E-state index in [-0.39, 0.29) is 30.5 Å². The molecule has 2 aliphatic rings. The van der Waals surface area contributed by atoms with Gasteiger partial charge in [0.2, 0.25) is 0 Å². The average Bonchev–Trinajstić information content (AvgIpc) is 2.75. The Morgan fingerprint density at radius 1 is 1.23 bits per heavy atom. The van der Waals surface area contributed by atoms with Gasteiger partial charge in [-0.15, -0.1) is 0 Å². The van der Waals surface area contributed by atoms with E-state index >= 15 is 0 Å². The van der Waals surface area contributed by atoms with Crippen LogP contribution in [0.5, 0.6) is 5.75 Å². The van der Waals surface area contributed by atoms with Gasteiger partial charge >= 0.3 is 5.97 Å². The molecule has 2 aromatic rings. The smallest absolute Gasteiger partial charge is 0.303 e. The number of aliphatic carboxylic acids is 1. The van der Waals surface area contributed by atoms with E-state index in [0.717, 1.165) is 47.8 Å². The van der Waals surface area contributed by atoms with Crippen molar-refractivity contribution < 1.29 is 19.4 Å². The first kappa shape index (κ1) is 21.4. The van der Waals surface area contributed by atoms with E-state index in [1.165, 1.54) is 0 Å². The van der Waals surface area contributed by atoms with Crippen molar-refractivity contribution in [3.05, 3.63) is 42.0 Å². The van der Waals surface area contributed by atoms with Gasteiger partial charge in [-0.05, 0) is 55.9 Å². The molecule has 0 aromatic heterocycles. The van der Waals surface area contributed by atoms with Gasteiger partial charge in [0, 0.05) is 24.4 Å². The second-order valence-electron chi connectivity index (χ2n) is 8.82. The van der Waals surface area contributed by atoms with Crippen LogP contribution in [0.25, 0.3) is 10.8 Å². The number of carbonyl (C=O) groups is 1. The first-order valence-corrected chi connectivity index (χ1v) is 11.0. The molecule has 0 spiro atoms.